The molecule has 0 aliphatic heterocycles. The lowest BCUT2D eigenvalue weighted by Crippen LogP contribution is -1.93. The maximum atomic E-state index is 11.3. The molecule has 0 unspecified atom stereocenters. The van der Waals surface area contributed by atoms with Crippen LogP contribution in [0, 0.1) is 0 Å². The van der Waals surface area contributed by atoms with Gasteiger partial charge in [0.15, 0.2) is 11.5 Å². The largest absolute Gasteiger partial charge is 0.293 e. The van der Waals surface area contributed by atoms with E-state index in [9.17, 15) is 4.79 Å². The van der Waals surface area contributed by atoms with Crippen LogP contribution in [0.2, 0.25) is 0 Å². The highest BCUT2D eigenvalue weighted by molar-refractivity contribution is 5.99. The summed E-state index contributed by atoms with van der Waals surface area (Å²) in [6, 6.07) is 11.7. The van der Waals surface area contributed by atoms with E-state index in [1.807, 2.05) is 36.4 Å². The van der Waals surface area contributed by atoms with E-state index in [-0.39, 0.29) is 5.78 Å². The molecule has 16 heavy (non-hydrogen) atoms. The Morgan fingerprint density at radius 3 is 2.75 bits per heavy atom. The number of Topliss-reactive ketones (excluding diaryl/α,β-unsaturated/α-hetero) is 1. The van der Waals surface area contributed by atoms with Crippen LogP contribution < -0.4 is 0 Å². The quantitative estimate of drug-likeness (QED) is 0.579. The summed E-state index contributed by atoms with van der Waals surface area (Å²) in [5.74, 6) is -0.0646. The average Bonchev–Trinajstić information content (AvgIpc) is 2.73. The lowest BCUT2D eigenvalue weighted by atomic mass is 10.2. The van der Waals surface area contributed by atoms with Crippen LogP contribution in [-0.4, -0.2) is 20.6 Å². The second kappa shape index (κ2) is 3.13. The highest BCUT2D eigenvalue weighted by atomic mass is 16.1. The third kappa shape index (κ3) is 1.13. The smallest absolute Gasteiger partial charge is 0.182 e. The Balaban J connectivity index is 2.49. The minimum Gasteiger partial charge on any atom is -0.293 e. The van der Waals surface area contributed by atoms with Gasteiger partial charge in [0.2, 0.25) is 0 Å². The second-order valence-corrected chi connectivity index (χ2v) is 3.68. The molecule has 0 atom stereocenters. The normalized spacial score (nSPS) is 11.1. The molecule has 1 aromatic carbocycles. The average molecular weight is 211 g/mol. The number of nitrogens with zero attached hydrogens (tertiary/aromatic N) is 3. The van der Waals surface area contributed by atoms with E-state index >= 15 is 0 Å². The molecule has 0 saturated heterocycles. The van der Waals surface area contributed by atoms with Crippen molar-refractivity contribution >= 4 is 22.2 Å². The van der Waals surface area contributed by atoms with Crippen molar-refractivity contribution in [2.24, 2.45) is 0 Å². The molecule has 78 valence electrons. The Labute approximate surface area is 91.5 Å². The monoisotopic (exact) mass is 211 g/mol. The van der Waals surface area contributed by atoms with Gasteiger partial charge in [0, 0.05) is 12.3 Å². The van der Waals surface area contributed by atoms with E-state index in [2.05, 4.69) is 10.3 Å². The Hall–Kier alpha value is -2.23. The fourth-order valence-electron chi connectivity index (χ4n) is 1.86. The Kier molecular flexibility index (Phi) is 1.77. The SMILES string of the molecule is CC(=O)c1nnn2c1ccc1ccccc12. The minimum atomic E-state index is -0.0646. The van der Waals surface area contributed by atoms with Gasteiger partial charge >= 0.3 is 0 Å². The number of aromatic nitrogens is 3. The summed E-state index contributed by atoms with van der Waals surface area (Å²) >= 11 is 0. The van der Waals surface area contributed by atoms with Crippen molar-refractivity contribution in [1.29, 1.82) is 0 Å². The summed E-state index contributed by atoms with van der Waals surface area (Å²) < 4.78 is 1.70. The molecule has 3 rings (SSSR count). The van der Waals surface area contributed by atoms with Crippen molar-refractivity contribution in [1.82, 2.24) is 14.8 Å². The fraction of sp³-hybridized carbons (Fsp3) is 0.0833. The van der Waals surface area contributed by atoms with Crippen molar-refractivity contribution in [3.63, 3.8) is 0 Å². The maximum absolute atomic E-state index is 11.3. The molecule has 2 heterocycles. The van der Waals surface area contributed by atoms with E-state index in [4.69, 9.17) is 0 Å². The maximum Gasteiger partial charge on any atom is 0.182 e. The van der Waals surface area contributed by atoms with E-state index in [1.165, 1.54) is 6.92 Å². The van der Waals surface area contributed by atoms with Gasteiger partial charge in [-0.05, 0) is 12.1 Å². The molecule has 0 aliphatic carbocycles. The third-order valence-electron chi connectivity index (χ3n) is 2.62. The molecular weight excluding hydrogens is 202 g/mol. The lowest BCUT2D eigenvalue weighted by molar-refractivity contribution is 0.101. The minimum absolute atomic E-state index is 0.0646. The standard InChI is InChI=1S/C12H9N3O/c1-8(16)12-11-7-6-9-4-2-3-5-10(9)15(11)14-13-12/h2-7H,1H3. The van der Waals surface area contributed by atoms with Crippen LogP contribution >= 0.6 is 0 Å². The van der Waals surface area contributed by atoms with Gasteiger partial charge in [-0.3, -0.25) is 4.79 Å². The highest BCUT2D eigenvalue weighted by Crippen LogP contribution is 2.17. The van der Waals surface area contributed by atoms with Gasteiger partial charge in [-0.25, -0.2) is 4.52 Å². The van der Waals surface area contributed by atoms with Crippen LogP contribution in [0.4, 0.5) is 0 Å². The molecule has 0 spiro atoms. The van der Waals surface area contributed by atoms with Gasteiger partial charge in [0.1, 0.15) is 0 Å². The molecule has 0 radical (unpaired) electrons. The first-order valence-corrected chi connectivity index (χ1v) is 5.01. The molecular formula is C12H9N3O. The van der Waals surface area contributed by atoms with E-state index in [1.54, 1.807) is 4.52 Å². The van der Waals surface area contributed by atoms with Gasteiger partial charge in [-0.15, -0.1) is 5.10 Å². The summed E-state index contributed by atoms with van der Waals surface area (Å²) in [7, 11) is 0. The molecule has 0 amide bonds. The number of rotatable bonds is 1. The summed E-state index contributed by atoms with van der Waals surface area (Å²) in [5.41, 5.74) is 2.14. The first kappa shape index (κ1) is 9.03. The molecule has 4 heteroatoms. The Morgan fingerprint density at radius 1 is 1.12 bits per heavy atom. The Morgan fingerprint density at radius 2 is 1.94 bits per heavy atom. The second-order valence-electron chi connectivity index (χ2n) is 3.68. The molecule has 0 bridgehead atoms. The van der Waals surface area contributed by atoms with Crippen molar-refractivity contribution in [2.75, 3.05) is 0 Å². The molecule has 0 N–H and O–H groups in total. The first-order chi connectivity index (χ1) is 7.77. The number of fused-ring (bicyclic) bond motifs is 3. The topological polar surface area (TPSA) is 47.3 Å². The third-order valence-corrected chi connectivity index (χ3v) is 2.62. The van der Waals surface area contributed by atoms with E-state index in [0.29, 0.717) is 5.69 Å². The number of pyridine rings is 1. The zero-order chi connectivity index (χ0) is 11.1. The van der Waals surface area contributed by atoms with Crippen molar-refractivity contribution in [3.8, 4) is 0 Å². The predicted molar refractivity (Wildman–Crippen MR) is 60.5 cm³/mol. The number of carbonyl (C=O) groups is 1. The van der Waals surface area contributed by atoms with Gasteiger partial charge in [0.25, 0.3) is 0 Å². The van der Waals surface area contributed by atoms with Crippen molar-refractivity contribution in [3.05, 3.63) is 42.1 Å². The summed E-state index contributed by atoms with van der Waals surface area (Å²) in [6.45, 7) is 1.50. The van der Waals surface area contributed by atoms with Crippen LogP contribution in [0.3, 0.4) is 0 Å². The van der Waals surface area contributed by atoms with Crippen LogP contribution in [0.15, 0.2) is 36.4 Å². The lowest BCUT2D eigenvalue weighted by Gasteiger charge is -1.99. The van der Waals surface area contributed by atoms with Gasteiger partial charge in [-0.2, -0.15) is 0 Å². The zero-order valence-electron chi connectivity index (χ0n) is 8.71. The van der Waals surface area contributed by atoms with Crippen molar-refractivity contribution in [2.45, 2.75) is 6.92 Å². The molecule has 4 nitrogen and oxygen atoms in total. The van der Waals surface area contributed by atoms with Gasteiger partial charge < -0.3 is 0 Å². The van der Waals surface area contributed by atoms with Gasteiger partial charge in [0.05, 0.1) is 11.0 Å². The predicted octanol–water partition coefficient (Wildman–Crippen LogP) is 2.09. The zero-order valence-corrected chi connectivity index (χ0v) is 8.71. The van der Waals surface area contributed by atoms with Gasteiger partial charge in [-0.1, -0.05) is 29.5 Å². The summed E-state index contributed by atoms with van der Waals surface area (Å²) in [4.78, 5) is 11.3. The number of benzene rings is 1. The molecule has 0 fully saturated rings. The highest BCUT2D eigenvalue weighted by Gasteiger charge is 2.11. The summed E-state index contributed by atoms with van der Waals surface area (Å²) in [5, 5.41) is 9.00. The molecule has 0 aliphatic rings. The van der Waals surface area contributed by atoms with Crippen molar-refractivity contribution < 1.29 is 4.79 Å². The first-order valence-electron chi connectivity index (χ1n) is 5.01. The van der Waals surface area contributed by atoms with Crippen LogP contribution in [-0.2, 0) is 0 Å². The number of ketones is 1. The summed E-state index contributed by atoms with van der Waals surface area (Å²) in [6.07, 6.45) is 0. The number of hydrogen-bond acceptors (Lipinski definition) is 3. The van der Waals surface area contributed by atoms with Crippen LogP contribution in [0.25, 0.3) is 16.4 Å². The molecule has 2 aromatic heterocycles. The Bertz CT molecular complexity index is 700. The fourth-order valence-corrected chi connectivity index (χ4v) is 1.86. The molecule has 3 aromatic rings. The number of hydrogen-bond donors (Lipinski definition) is 0. The van der Waals surface area contributed by atoms with E-state index in [0.717, 1.165) is 16.4 Å². The van der Waals surface area contributed by atoms with E-state index < -0.39 is 0 Å². The molecule has 0 saturated carbocycles. The number of carbonyl (C=O) groups excluding carboxylic acids is 1. The van der Waals surface area contributed by atoms with Crippen LogP contribution in [0.5, 0.6) is 0 Å². The van der Waals surface area contributed by atoms with Crippen LogP contribution in [0.1, 0.15) is 17.4 Å². The number of para-hydroxylation sites is 1.